The summed E-state index contributed by atoms with van der Waals surface area (Å²) in [5.41, 5.74) is 1.86. The standard InChI is InChI=1S/C15H18N2O/c1-17-13-9-5-2-6-11(13)10-14(17)15(18)16-12-7-3-4-8-12/h2,5-6,9-10,12H,3-4,7-8H2,1H3,(H,16,18). The Balaban J connectivity index is 1.88. The van der Waals surface area contributed by atoms with E-state index in [2.05, 4.69) is 5.32 Å². The highest BCUT2D eigenvalue weighted by molar-refractivity contribution is 5.98. The van der Waals surface area contributed by atoms with Gasteiger partial charge in [0.15, 0.2) is 0 Å². The summed E-state index contributed by atoms with van der Waals surface area (Å²) in [6, 6.07) is 10.4. The molecule has 0 unspecified atom stereocenters. The maximum atomic E-state index is 12.3. The molecule has 0 saturated heterocycles. The summed E-state index contributed by atoms with van der Waals surface area (Å²) >= 11 is 0. The highest BCUT2D eigenvalue weighted by atomic mass is 16.2. The van der Waals surface area contributed by atoms with E-state index in [9.17, 15) is 4.79 Å². The van der Waals surface area contributed by atoms with E-state index >= 15 is 0 Å². The van der Waals surface area contributed by atoms with Gasteiger partial charge in [-0.15, -0.1) is 0 Å². The molecule has 1 aromatic carbocycles. The number of fused-ring (bicyclic) bond motifs is 1. The molecule has 18 heavy (non-hydrogen) atoms. The van der Waals surface area contributed by atoms with Crippen molar-refractivity contribution < 1.29 is 4.79 Å². The van der Waals surface area contributed by atoms with Crippen LogP contribution in [0.4, 0.5) is 0 Å². The first-order chi connectivity index (χ1) is 8.75. The van der Waals surface area contributed by atoms with E-state index in [-0.39, 0.29) is 5.91 Å². The fraction of sp³-hybridized carbons (Fsp3) is 0.400. The number of aromatic nitrogens is 1. The lowest BCUT2D eigenvalue weighted by molar-refractivity contribution is 0.0930. The molecule has 2 aromatic rings. The Kier molecular flexibility index (Phi) is 2.82. The Bertz CT molecular complexity index is 579. The average Bonchev–Trinajstić information content (AvgIpc) is 2.98. The van der Waals surface area contributed by atoms with Crippen LogP contribution < -0.4 is 5.32 Å². The quantitative estimate of drug-likeness (QED) is 0.863. The molecule has 1 saturated carbocycles. The molecule has 1 amide bonds. The highest BCUT2D eigenvalue weighted by Gasteiger charge is 2.20. The number of para-hydroxylation sites is 1. The van der Waals surface area contributed by atoms with Crippen molar-refractivity contribution in [1.29, 1.82) is 0 Å². The van der Waals surface area contributed by atoms with Gasteiger partial charge < -0.3 is 9.88 Å². The normalized spacial score (nSPS) is 16.3. The third-order valence-electron chi connectivity index (χ3n) is 3.87. The molecule has 3 heteroatoms. The van der Waals surface area contributed by atoms with Crippen LogP contribution in [0.1, 0.15) is 36.2 Å². The van der Waals surface area contributed by atoms with Crippen LogP contribution in [0.25, 0.3) is 10.9 Å². The van der Waals surface area contributed by atoms with Gasteiger partial charge in [-0.05, 0) is 25.0 Å². The SMILES string of the molecule is Cn1c(C(=O)NC2CCCC2)cc2ccccc21. The molecule has 1 aliphatic rings. The Morgan fingerprint density at radius 2 is 2.00 bits per heavy atom. The van der Waals surface area contributed by atoms with Crippen molar-refractivity contribution in [1.82, 2.24) is 9.88 Å². The van der Waals surface area contributed by atoms with E-state index < -0.39 is 0 Å². The Labute approximate surface area is 107 Å². The minimum atomic E-state index is 0.0561. The number of carbonyl (C=O) groups excluding carboxylic acids is 1. The predicted octanol–water partition coefficient (Wildman–Crippen LogP) is 2.85. The fourth-order valence-electron chi connectivity index (χ4n) is 2.84. The van der Waals surface area contributed by atoms with Crippen molar-refractivity contribution in [2.45, 2.75) is 31.7 Å². The van der Waals surface area contributed by atoms with Gasteiger partial charge in [0.2, 0.25) is 0 Å². The van der Waals surface area contributed by atoms with Gasteiger partial charge in [-0.1, -0.05) is 31.0 Å². The molecule has 94 valence electrons. The lowest BCUT2D eigenvalue weighted by Gasteiger charge is -2.12. The van der Waals surface area contributed by atoms with E-state index in [4.69, 9.17) is 0 Å². The molecule has 0 atom stereocenters. The smallest absolute Gasteiger partial charge is 0.268 e. The Morgan fingerprint density at radius 3 is 2.72 bits per heavy atom. The summed E-state index contributed by atoms with van der Waals surface area (Å²) in [5.74, 6) is 0.0561. The number of hydrogen-bond donors (Lipinski definition) is 1. The zero-order valence-electron chi connectivity index (χ0n) is 10.6. The number of nitrogens with zero attached hydrogens (tertiary/aromatic N) is 1. The van der Waals surface area contributed by atoms with Crippen molar-refractivity contribution in [3.05, 3.63) is 36.0 Å². The minimum absolute atomic E-state index is 0.0561. The molecule has 0 bridgehead atoms. The van der Waals surface area contributed by atoms with Crippen LogP contribution >= 0.6 is 0 Å². The number of hydrogen-bond acceptors (Lipinski definition) is 1. The van der Waals surface area contributed by atoms with Gasteiger partial charge in [0, 0.05) is 24.0 Å². The first kappa shape index (κ1) is 11.3. The fourth-order valence-corrected chi connectivity index (χ4v) is 2.84. The summed E-state index contributed by atoms with van der Waals surface area (Å²) in [6.45, 7) is 0. The van der Waals surface area contributed by atoms with Gasteiger partial charge in [0.25, 0.3) is 5.91 Å². The number of rotatable bonds is 2. The molecule has 0 radical (unpaired) electrons. The van der Waals surface area contributed by atoms with E-state index in [1.165, 1.54) is 12.8 Å². The van der Waals surface area contributed by atoms with Gasteiger partial charge in [0.1, 0.15) is 5.69 Å². The average molecular weight is 242 g/mol. The van der Waals surface area contributed by atoms with Crippen molar-refractivity contribution in [3.63, 3.8) is 0 Å². The molecule has 1 aliphatic carbocycles. The number of carbonyl (C=O) groups is 1. The zero-order valence-corrected chi connectivity index (χ0v) is 10.6. The molecule has 1 fully saturated rings. The maximum Gasteiger partial charge on any atom is 0.268 e. The third kappa shape index (κ3) is 1.90. The molecule has 1 aromatic heterocycles. The number of benzene rings is 1. The number of nitrogens with one attached hydrogen (secondary N) is 1. The van der Waals surface area contributed by atoms with Gasteiger partial charge in [-0.25, -0.2) is 0 Å². The number of aryl methyl sites for hydroxylation is 1. The second kappa shape index (κ2) is 4.48. The van der Waals surface area contributed by atoms with Crippen LogP contribution in [-0.2, 0) is 7.05 Å². The molecule has 0 aliphatic heterocycles. The van der Waals surface area contributed by atoms with Gasteiger partial charge in [0.05, 0.1) is 0 Å². The van der Waals surface area contributed by atoms with Gasteiger partial charge >= 0.3 is 0 Å². The third-order valence-corrected chi connectivity index (χ3v) is 3.87. The van der Waals surface area contributed by atoms with Gasteiger partial charge in [-0.3, -0.25) is 4.79 Å². The predicted molar refractivity (Wildman–Crippen MR) is 72.6 cm³/mol. The first-order valence-electron chi connectivity index (χ1n) is 6.61. The molecule has 0 spiro atoms. The lowest BCUT2D eigenvalue weighted by atomic mass is 10.2. The van der Waals surface area contributed by atoms with Crippen molar-refractivity contribution >= 4 is 16.8 Å². The van der Waals surface area contributed by atoms with Crippen LogP contribution in [0.2, 0.25) is 0 Å². The summed E-state index contributed by atoms with van der Waals surface area (Å²) in [7, 11) is 1.95. The minimum Gasteiger partial charge on any atom is -0.348 e. The molecule has 1 N–H and O–H groups in total. The van der Waals surface area contributed by atoms with Crippen LogP contribution in [0.15, 0.2) is 30.3 Å². The van der Waals surface area contributed by atoms with Gasteiger partial charge in [-0.2, -0.15) is 0 Å². The lowest BCUT2D eigenvalue weighted by Crippen LogP contribution is -2.33. The largest absolute Gasteiger partial charge is 0.348 e. The summed E-state index contributed by atoms with van der Waals surface area (Å²) in [5, 5.41) is 4.26. The van der Waals surface area contributed by atoms with Crippen LogP contribution in [0, 0.1) is 0 Å². The molecular formula is C15H18N2O. The Hall–Kier alpha value is -1.77. The zero-order chi connectivity index (χ0) is 12.5. The maximum absolute atomic E-state index is 12.3. The Morgan fingerprint density at radius 1 is 1.28 bits per heavy atom. The van der Waals surface area contributed by atoms with E-state index in [0.29, 0.717) is 6.04 Å². The van der Waals surface area contributed by atoms with E-state index in [0.717, 1.165) is 29.4 Å². The van der Waals surface area contributed by atoms with E-state index in [1.54, 1.807) is 0 Å². The van der Waals surface area contributed by atoms with E-state index in [1.807, 2.05) is 41.9 Å². The molecule has 1 heterocycles. The van der Waals surface area contributed by atoms with Crippen LogP contribution in [0.5, 0.6) is 0 Å². The van der Waals surface area contributed by atoms with Crippen molar-refractivity contribution in [2.75, 3.05) is 0 Å². The second-order valence-corrected chi connectivity index (χ2v) is 5.10. The van der Waals surface area contributed by atoms with Crippen molar-refractivity contribution in [3.8, 4) is 0 Å². The summed E-state index contributed by atoms with van der Waals surface area (Å²) < 4.78 is 1.97. The van der Waals surface area contributed by atoms with Crippen molar-refractivity contribution in [2.24, 2.45) is 7.05 Å². The number of amides is 1. The molecule has 3 nitrogen and oxygen atoms in total. The van der Waals surface area contributed by atoms with Crippen LogP contribution in [0.3, 0.4) is 0 Å². The first-order valence-corrected chi connectivity index (χ1v) is 6.61. The van der Waals surface area contributed by atoms with Crippen LogP contribution in [-0.4, -0.2) is 16.5 Å². The topological polar surface area (TPSA) is 34.0 Å². The summed E-state index contributed by atoms with van der Waals surface area (Å²) in [4.78, 5) is 12.3. The molecular weight excluding hydrogens is 224 g/mol. The summed E-state index contributed by atoms with van der Waals surface area (Å²) in [6.07, 6.45) is 4.71. The second-order valence-electron chi connectivity index (χ2n) is 5.10. The molecule has 3 rings (SSSR count). The monoisotopic (exact) mass is 242 g/mol. The highest BCUT2D eigenvalue weighted by Crippen LogP contribution is 2.21.